The number of carbonyl (C=O) groups is 1. The third-order valence-electron chi connectivity index (χ3n) is 4.63. The Labute approximate surface area is 117 Å². The van der Waals surface area contributed by atoms with Crippen LogP contribution in [-0.2, 0) is 4.79 Å². The molecule has 2 fully saturated rings. The summed E-state index contributed by atoms with van der Waals surface area (Å²) in [5.41, 5.74) is 0. The normalized spacial score (nSPS) is 28.0. The summed E-state index contributed by atoms with van der Waals surface area (Å²) in [6.07, 6.45) is 9.51. The van der Waals surface area contributed by atoms with Crippen LogP contribution in [-0.4, -0.2) is 34.6 Å². The highest BCUT2D eigenvalue weighted by Gasteiger charge is 2.36. The largest absolute Gasteiger partial charge is 0.481 e. The lowest BCUT2D eigenvalue weighted by molar-refractivity contribution is -0.137. The molecule has 0 saturated heterocycles. The van der Waals surface area contributed by atoms with E-state index in [9.17, 15) is 4.79 Å². The molecule has 0 radical (unpaired) electrons. The summed E-state index contributed by atoms with van der Waals surface area (Å²) >= 11 is 0. The van der Waals surface area contributed by atoms with Gasteiger partial charge in [0.15, 0.2) is 0 Å². The molecule has 0 aromatic heterocycles. The van der Waals surface area contributed by atoms with Crippen molar-refractivity contribution >= 4 is 5.97 Å². The van der Waals surface area contributed by atoms with Crippen molar-refractivity contribution in [3.8, 4) is 0 Å². The quantitative estimate of drug-likeness (QED) is 0.767. The van der Waals surface area contributed by atoms with Crippen molar-refractivity contribution in [1.82, 2.24) is 4.90 Å². The average molecular weight is 267 g/mol. The summed E-state index contributed by atoms with van der Waals surface area (Å²) < 4.78 is 0. The first-order valence-electron chi connectivity index (χ1n) is 8.03. The Morgan fingerprint density at radius 2 is 1.95 bits per heavy atom. The molecule has 3 nitrogen and oxygen atoms in total. The first kappa shape index (κ1) is 14.8. The number of nitrogens with zero attached hydrogens (tertiary/aromatic N) is 1. The van der Waals surface area contributed by atoms with Gasteiger partial charge in [0.05, 0.1) is 6.42 Å². The molecule has 2 unspecified atom stereocenters. The number of aliphatic carboxylic acids is 1. The van der Waals surface area contributed by atoms with Crippen LogP contribution in [0.5, 0.6) is 0 Å². The van der Waals surface area contributed by atoms with Crippen molar-refractivity contribution in [2.45, 2.75) is 77.3 Å². The van der Waals surface area contributed by atoms with E-state index in [4.69, 9.17) is 5.11 Å². The predicted molar refractivity (Wildman–Crippen MR) is 77.2 cm³/mol. The topological polar surface area (TPSA) is 40.5 Å². The van der Waals surface area contributed by atoms with Gasteiger partial charge in [-0.25, -0.2) is 0 Å². The summed E-state index contributed by atoms with van der Waals surface area (Å²) in [6.45, 7) is 5.39. The van der Waals surface area contributed by atoms with Gasteiger partial charge in [-0.15, -0.1) is 0 Å². The van der Waals surface area contributed by atoms with Crippen LogP contribution >= 0.6 is 0 Å². The first-order chi connectivity index (χ1) is 9.06. The fourth-order valence-corrected chi connectivity index (χ4v) is 3.74. The molecule has 110 valence electrons. The Kier molecular flexibility index (Phi) is 5.26. The van der Waals surface area contributed by atoms with Crippen LogP contribution < -0.4 is 0 Å². The van der Waals surface area contributed by atoms with Gasteiger partial charge in [-0.2, -0.15) is 0 Å². The second kappa shape index (κ2) is 6.74. The van der Waals surface area contributed by atoms with E-state index in [1.54, 1.807) is 0 Å². The van der Waals surface area contributed by atoms with Crippen molar-refractivity contribution in [2.75, 3.05) is 6.54 Å². The minimum Gasteiger partial charge on any atom is -0.481 e. The van der Waals surface area contributed by atoms with E-state index in [0.717, 1.165) is 18.4 Å². The van der Waals surface area contributed by atoms with Gasteiger partial charge >= 0.3 is 5.97 Å². The molecule has 2 aliphatic rings. The molecule has 2 saturated carbocycles. The molecule has 1 N–H and O–H groups in total. The molecule has 0 aromatic rings. The lowest BCUT2D eigenvalue weighted by Crippen LogP contribution is -2.41. The zero-order valence-electron chi connectivity index (χ0n) is 12.5. The third kappa shape index (κ3) is 4.79. The Morgan fingerprint density at radius 1 is 1.21 bits per heavy atom. The Morgan fingerprint density at radius 3 is 2.53 bits per heavy atom. The molecule has 0 aliphatic heterocycles. The number of hydrogen-bond donors (Lipinski definition) is 1. The highest BCUT2D eigenvalue weighted by molar-refractivity contribution is 5.66. The molecule has 0 spiro atoms. The molecule has 3 heteroatoms. The van der Waals surface area contributed by atoms with E-state index in [2.05, 4.69) is 18.7 Å². The highest BCUT2D eigenvalue weighted by atomic mass is 16.4. The van der Waals surface area contributed by atoms with E-state index in [1.165, 1.54) is 44.9 Å². The summed E-state index contributed by atoms with van der Waals surface area (Å²) in [4.78, 5) is 13.3. The van der Waals surface area contributed by atoms with Gasteiger partial charge in [0.25, 0.3) is 0 Å². The molecule has 2 atom stereocenters. The molecule has 0 heterocycles. The van der Waals surface area contributed by atoms with E-state index in [1.807, 2.05) is 0 Å². The number of hydrogen-bond acceptors (Lipinski definition) is 2. The monoisotopic (exact) mass is 267 g/mol. The van der Waals surface area contributed by atoms with Gasteiger partial charge in [-0.05, 0) is 43.9 Å². The van der Waals surface area contributed by atoms with Gasteiger partial charge < -0.3 is 5.11 Å². The maximum Gasteiger partial charge on any atom is 0.304 e. The van der Waals surface area contributed by atoms with E-state index < -0.39 is 5.97 Å². The van der Waals surface area contributed by atoms with Gasteiger partial charge in [0, 0.05) is 18.6 Å². The van der Waals surface area contributed by atoms with Crippen LogP contribution in [0.2, 0.25) is 0 Å². The van der Waals surface area contributed by atoms with Crippen LogP contribution in [0.15, 0.2) is 0 Å². The summed E-state index contributed by atoms with van der Waals surface area (Å²) in [5.74, 6) is 1.00. The van der Waals surface area contributed by atoms with Crippen LogP contribution in [0.3, 0.4) is 0 Å². The van der Waals surface area contributed by atoms with Crippen LogP contribution in [0.1, 0.15) is 65.2 Å². The summed E-state index contributed by atoms with van der Waals surface area (Å²) in [5, 5.41) is 8.91. The van der Waals surface area contributed by atoms with Crippen molar-refractivity contribution in [3.63, 3.8) is 0 Å². The number of carboxylic acids is 1. The van der Waals surface area contributed by atoms with Gasteiger partial charge in [-0.1, -0.05) is 26.7 Å². The molecule has 2 rings (SSSR count). The summed E-state index contributed by atoms with van der Waals surface area (Å²) in [6, 6.07) is 1.35. The van der Waals surface area contributed by atoms with Gasteiger partial charge in [0.2, 0.25) is 0 Å². The van der Waals surface area contributed by atoms with Gasteiger partial charge in [-0.3, -0.25) is 9.69 Å². The number of rotatable bonds is 7. The second-order valence-electron chi connectivity index (χ2n) is 6.93. The first-order valence-corrected chi connectivity index (χ1v) is 8.03. The van der Waals surface area contributed by atoms with Crippen molar-refractivity contribution in [1.29, 1.82) is 0 Å². The zero-order valence-corrected chi connectivity index (χ0v) is 12.5. The van der Waals surface area contributed by atoms with Crippen molar-refractivity contribution in [2.24, 2.45) is 11.8 Å². The fourth-order valence-electron chi connectivity index (χ4n) is 3.74. The SMILES string of the molecule is CC(C)CC1CCCC(N(CCC(=O)O)C2CC2)C1. The molecule has 0 bridgehead atoms. The average Bonchev–Trinajstić information content (AvgIpc) is 3.13. The van der Waals surface area contributed by atoms with Crippen molar-refractivity contribution in [3.05, 3.63) is 0 Å². The van der Waals surface area contributed by atoms with Gasteiger partial charge in [0.1, 0.15) is 0 Å². The molecular weight excluding hydrogens is 238 g/mol. The minimum absolute atomic E-state index is 0.307. The molecule has 2 aliphatic carbocycles. The zero-order chi connectivity index (χ0) is 13.8. The van der Waals surface area contributed by atoms with E-state index in [0.29, 0.717) is 18.5 Å². The van der Waals surface area contributed by atoms with Crippen molar-refractivity contribution < 1.29 is 9.90 Å². The van der Waals surface area contributed by atoms with Crippen LogP contribution in [0, 0.1) is 11.8 Å². The third-order valence-corrected chi connectivity index (χ3v) is 4.63. The van der Waals surface area contributed by atoms with E-state index in [-0.39, 0.29) is 0 Å². The minimum atomic E-state index is -0.653. The lowest BCUT2D eigenvalue weighted by atomic mass is 9.80. The predicted octanol–water partition coefficient (Wildman–Crippen LogP) is 3.53. The highest BCUT2D eigenvalue weighted by Crippen LogP contribution is 2.37. The maximum atomic E-state index is 10.8. The number of carboxylic acid groups (broad SMARTS) is 1. The fraction of sp³-hybridized carbons (Fsp3) is 0.938. The second-order valence-corrected chi connectivity index (χ2v) is 6.93. The van der Waals surface area contributed by atoms with E-state index >= 15 is 0 Å². The van der Waals surface area contributed by atoms with Crippen LogP contribution in [0.4, 0.5) is 0 Å². The molecule has 0 amide bonds. The molecular formula is C16H29NO2. The molecule has 19 heavy (non-hydrogen) atoms. The molecule has 0 aromatic carbocycles. The Bertz CT molecular complexity index is 299. The lowest BCUT2D eigenvalue weighted by Gasteiger charge is -2.38. The standard InChI is InChI=1S/C16H29NO2/c1-12(2)10-13-4-3-5-15(11-13)17(14-6-7-14)9-8-16(18)19/h12-15H,3-11H2,1-2H3,(H,18,19). The Balaban J connectivity index is 1.87. The Hall–Kier alpha value is -0.570. The smallest absolute Gasteiger partial charge is 0.304 e. The maximum absolute atomic E-state index is 10.8. The summed E-state index contributed by atoms with van der Waals surface area (Å²) in [7, 11) is 0. The van der Waals surface area contributed by atoms with Crippen LogP contribution in [0.25, 0.3) is 0 Å².